The van der Waals surface area contributed by atoms with Gasteiger partial charge in [0.1, 0.15) is 0 Å². The van der Waals surface area contributed by atoms with Crippen molar-refractivity contribution in [1.29, 1.82) is 0 Å². The summed E-state index contributed by atoms with van der Waals surface area (Å²) in [5.41, 5.74) is 0.872. The van der Waals surface area contributed by atoms with Crippen LogP contribution in [0.4, 0.5) is 0 Å². The highest BCUT2D eigenvalue weighted by molar-refractivity contribution is 7.89. The van der Waals surface area contributed by atoms with Crippen molar-refractivity contribution in [1.82, 2.24) is 4.72 Å². The Morgan fingerprint density at radius 2 is 1.89 bits per heavy atom. The Labute approximate surface area is 115 Å². The summed E-state index contributed by atoms with van der Waals surface area (Å²) in [6.07, 6.45) is 2.15. The summed E-state index contributed by atoms with van der Waals surface area (Å²) < 4.78 is 37.0. The average Bonchev–Trinajstić information content (AvgIpc) is 2.34. The van der Waals surface area contributed by atoms with Gasteiger partial charge in [-0.3, -0.25) is 4.21 Å². The molecular formula is C11H16ClNO3S2. The fraction of sp³-hybridized carbons (Fsp3) is 0.455. The lowest BCUT2D eigenvalue weighted by molar-refractivity contribution is 0.580. The molecule has 0 fully saturated rings. The quantitative estimate of drug-likeness (QED) is 0.613. The minimum absolute atomic E-state index is 0.217. The van der Waals surface area contributed by atoms with Gasteiger partial charge in [0.25, 0.3) is 0 Å². The minimum atomic E-state index is -3.48. The van der Waals surface area contributed by atoms with Crippen LogP contribution in [0.15, 0.2) is 29.2 Å². The maximum Gasteiger partial charge on any atom is 0.240 e. The van der Waals surface area contributed by atoms with Crippen LogP contribution in [0.25, 0.3) is 0 Å². The van der Waals surface area contributed by atoms with E-state index >= 15 is 0 Å². The maximum atomic E-state index is 11.9. The molecule has 1 unspecified atom stereocenters. The van der Waals surface area contributed by atoms with Gasteiger partial charge in [0, 0.05) is 35.2 Å². The molecule has 0 aliphatic heterocycles. The fourth-order valence-electron chi connectivity index (χ4n) is 1.32. The average molecular weight is 310 g/mol. The van der Waals surface area contributed by atoms with Crippen molar-refractivity contribution in [3.8, 4) is 0 Å². The Bertz CT molecular complexity index is 500. The van der Waals surface area contributed by atoms with Gasteiger partial charge in [-0.25, -0.2) is 13.1 Å². The minimum Gasteiger partial charge on any atom is -0.260 e. The van der Waals surface area contributed by atoms with Gasteiger partial charge < -0.3 is 0 Å². The van der Waals surface area contributed by atoms with E-state index in [0.29, 0.717) is 24.6 Å². The van der Waals surface area contributed by atoms with Crippen LogP contribution in [-0.4, -0.2) is 31.2 Å². The summed E-state index contributed by atoms with van der Waals surface area (Å²) in [6.45, 7) is 0.291. The molecule has 0 spiro atoms. The number of benzene rings is 1. The standard InChI is InChI=1S/C11H16ClNO3S2/c1-17(14)8-2-7-13-18(15,16)11-5-3-10(9-12)4-6-11/h3-6,13H,2,7-9H2,1H3. The van der Waals surface area contributed by atoms with E-state index in [1.807, 2.05) is 0 Å². The first-order valence-electron chi connectivity index (χ1n) is 5.40. The molecule has 1 aromatic carbocycles. The van der Waals surface area contributed by atoms with E-state index in [-0.39, 0.29) is 4.90 Å². The lowest BCUT2D eigenvalue weighted by Crippen LogP contribution is -2.25. The number of rotatable bonds is 7. The first-order chi connectivity index (χ1) is 8.45. The van der Waals surface area contributed by atoms with Gasteiger partial charge in [0.15, 0.2) is 0 Å². The molecule has 18 heavy (non-hydrogen) atoms. The van der Waals surface area contributed by atoms with E-state index in [0.717, 1.165) is 5.56 Å². The van der Waals surface area contributed by atoms with Gasteiger partial charge >= 0.3 is 0 Å². The molecule has 0 heterocycles. The highest BCUT2D eigenvalue weighted by Crippen LogP contribution is 2.11. The number of sulfonamides is 1. The van der Waals surface area contributed by atoms with Crippen molar-refractivity contribution >= 4 is 32.4 Å². The zero-order chi connectivity index (χ0) is 13.6. The molecule has 1 atom stereocenters. The summed E-state index contributed by atoms with van der Waals surface area (Å²) in [5, 5.41) is 0. The SMILES string of the molecule is CS(=O)CCCNS(=O)(=O)c1ccc(CCl)cc1. The van der Waals surface area contributed by atoms with Gasteiger partial charge in [-0.05, 0) is 24.1 Å². The Morgan fingerprint density at radius 1 is 1.28 bits per heavy atom. The van der Waals surface area contributed by atoms with Crippen molar-refractivity contribution in [3.63, 3.8) is 0 Å². The van der Waals surface area contributed by atoms with Crippen molar-refractivity contribution in [3.05, 3.63) is 29.8 Å². The smallest absolute Gasteiger partial charge is 0.240 e. The summed E-state index contributed by atoms with van der Waals surface area (Å²) in [6, 6.07) is 6.42. The highest BCUT2D eigenvalue weighted by atomic mass is 35.5. The molecule has 1 N–H and O–H groups in total. The maximum absolute atomic E-state index is 11.9. The van der Waals surface area contributed by atoms with E-state index in [4.69, 9.17) is 11.6 Å². The summed E-state index contributed by atoms with van der Waals surface area (Å²) in [7, 11) is -4.37. The first kappa shape index (κ1) is 15.6. The zero-order valence-electron chi connectivity index (χ0n) is 10.1. The number of halogens is 1. The molecule has 0 aromatic heterocycles. The normalized spacial score (nSPS) is 13.4. The van der Waals surface area contributed by atoms with Crippen molar-refractivity contribution in [2.24, 2.45) is 0 Å². The zero-order valence-corrected chi connectivity index (χ0v) is 12.4. The van der Waals surface area contributed by atoms with Crippen molar-refractivity contribution < 1.29 is 12.6 Å². The van der Waals surface area contributed by atoms with E-state index in [1.54, 1.807) is 18.4 Å². The Hall–Kier alpha value is -0.430. The predicted molar refractivity (Wildman–Crippen MR) is 74.7 cm³/mol. The second-order valence-corrected chi connectivity index (χ2v) is 7.40. The molecule has 0 aliphatic carbocycles. The van der Waals surface area contributed by atoms with Crippen LogP contribution in [0.5, 0.6) is 0 Å². The van der Waals surface area contributed by atoms with E-state index in [1.165, 1.54) is 12.1 Å². The Balaban J connectivity index is 2.59. The first-order valence-corrected chi connectivity index (χ1v) is 9.15. The highest BCUT2D eigenvalue weighted by Gasteiger charge is 2.12. The second-order valence-electron chi connectivity index (χ2n) is 3.81. The number of hydrogen-bond donors (Lipinski definition) is 1. The van der Waals surface area contributed by atoms with Gasteiger partial charge in [0.2, 0.25) is 10.0 Å². The van der Waals surface area contributed by atoms with Crippen molar-refractivity contribution in [2.75, 3.05) is 18.6 Å². The van der Waals surface area contributed by atoms with Crippen LogP contribution in [0.1, 0.15) is 12.0 Å². The number of nitrogens with one attached hydrogen (secondary N) is 1. The van der Waals surface area contributed by atoms with E-state index < -0.39 is 20.8 Å². The lowest BCUT2D eigenvalue weighted by atomic mass is 10.2. The van der Waals surface area contributed by atoms with Crippen LogP contribution in [-0.2, 0) is 26.7 Å². The van der Waals surface area contributed by atoms with Crippen LogP contribution in [0.2, 0.25) is 0 Å². The molecule has 0 aliphatic rings. The van der Waals surface area contributed by atoms with Crippen LogP contribution >= 0.6 is 11.6 Å². The van der Waals surface area contributed by atoms with Gasteiger partial charge in [-0.15, -0.1) is 11.6 Å². The third-order valence-electron chi connectivity index (χ3n) is 2.29. The van der Waals surface area contributed by atoms with Gasteiger partial charge in [-0.1, -0.05) is 12.1 Å². The summed E-state index contributed by atoms with van der Waals surface area (Å²) >= 11 is 5.63. The molecule has 1 rings (SSSR count). The number of hydrogen-bond acceptors (Lipinski definition) is 3. The second kappa shape index (κ2) is 7.23. The monoisotopic (exact) mass is 309 g/mol. The Kier molecular flexibility index (Phi) is 6.28. The summed E-state index contributed by atoms with van der Waals surface area (Å²) in [5.74, 6) is 0.851. The molecule has 0 bridgehead atoms. The largest absolute Gasteiger partial charge is 0.260 e. The Morgan fingerprint density at radius 3 is 2.39 bits per heavy atom. The molecule has 0 amide bonds. The summed E-state index contributed by atoms with van der Waals surface area (Å²) in [4.78, 5) is 0.217. The molecule has 102 valence electrons. The molecule has 0 saturated heterocycles. The van der Waals surface area contributed by atoms with Gasteiger partial charge in [-0.2, -0.15) is 0 Å². The van der Waals surface area contributed by atoms with Crippen molar-refractivity contribution in [2.45, 2.75) is 17.2 Å². The van der Waals surface area contributed by atoms with E-state index in [9.17, 15) is 12.6 Å². The van der Waals surface area contributed by atoms with Crippen LogP contribution in [0, 0.1) is 0 Å². The molecular weight excluding hydrogens is 294 g/mol. The molecule has 1 aromatic rings. The van der Waals surface area contributed by atoms with E-state index in [2.05, 4.69) is 4.72 Å². The molecule has 0 saturated carbocycles. The fourth-order valence-corrected chi connectivity index (χ4v) is 3.13. The molecule has 0 radical (unpaired) electrons. The topological polar surface area (TPSA) is 63.2 Å². The van der Waals surface area contributed by atoms with Gasteiger partial charge in [0.05, 0.1) is 4.90 Å². The number of alkyl halides is 1. The third kappa shape index (κ3) is 5.06. The third-order valence-corrected chi connectivity index (χ3v) is 4.94. The lowest BCUT2D eigenvalue weighted by Gasteiger charge is -2.06. The predicted octanol–water partition coefficient (Wildman–Crippen LogP) is 1.47. The molecule has 7 heteroatoms. The molecule has 4 nitrogen and oxygen atoms in total. The van der Waals surface area contributed by atoms with Crippen LogP contribution < -0.4 is 4.72 Å². The van der Waals surface area contributed by atoms with Crippen LogP contribution in [0.3, 0.4) is 0 Å².